The van der Waals surface area contributed by atoms with Gasteiger partial charge in [0.05, 0.1) is 12.2 Å². The number of nitrogens with two attached hydrogens (primary N) is 1. The molecule has 1 aromatic rings. The van der Waals surface area contributed by atoms with Crippen LogP contribution in [-0.2, 0) is 17.3 Å². The van der Waals surface area contributed by atoms with E-state index in [2.05, 4.69) is 0 Å². The molecule has 2 N–H and O–H groups in total. The molecule has 2 nitrogen and oxygen atoms in total. The third-order valence-electron chi connectivity index (χ3n) is 3.04. The van der Waals surface area contributed by atoms with E-state index in [0.29, 0.717) is 31.4 Å². The van der Waals surface area contributed by atoms with Gasteiger partial charge in [-0.3, -0.25) is 0 Å². The van der Waals surface area contributed by atoms with Crippen LogP contribution < -0.4 is 5.73 Å². The van der Waals surface area contributed by atoms with Crippen LogP contribution >= 0.6 is 0 Å². The molecule has 0 saturated carbocycles. The van der Waals surface area contributed by atoms with E-state index in [1.807, 2.05) is 13.8 Å². The van der Waals surface area contributed by atoms with Gasteiger partial charge in [-0.05, 0) is 43.4 Å². The molecular formula is C16H25F4NO. The summed E-state index contributed by atoms with van der Waals surface area (Å²) in [4.78, 5) is 0. The fourth-order valence-corrected chi connectivity index (χ4v) is 2.06. The molecule has 22 heavy (non-hydrogen) atoms. The lowest BCUT2D eigenvalue weighted by molar-refractivity contribution is -0.140. The second-order valence-electron chi connectivity index (χ2n) is 4.88. The van der Waals surface area contributed by atoms with Crippen LogP contribution in [0.1, 0.15) is 43.4 Å². The van der Waals surface area contributed by atoms with Crippen LogP contribution in [-0.4, -0.2) is 19.8 Å². The van der Waals surface area contributed by atoms with E-state index in [4.69, 9.17) is 10.5 Å². The predicted molar refractivity (Wildman–Crippen MR) is 80.3 cm³/mol. The van der Waals surface area contributed by atoms with Gasteiger partial charge >= 0.3 is 6.18 Å². The smallest absolute Gasteiger partial charge is 0.383 e. The molecule has 128 valence electrons. The second kappa shape index (κ2) is 9.79. The predicted octanol–water partition coefficient (Wildman–Crippen LogP) is 4.48. The van der Waals surface area contributed by atoms with Crippen molar-refractivity contribution in [2.45, 2.75) is 52.3 Å². The third-order valence-corrected chi connectivity index (χ3v) is 3.04. The Balaban J connectivity index is 0.00000211. The normalized spacial score (nSPS) is 12.6. The molecule has 0 saturated heterocycles. The van der Waals surface area contributed by atoms with Crippen LogP contribution in [0.4, 0.5) is 17.6 Å². The van der Waals surface area contributed by atoms with Crippen LogP contribution in [0.2, 0.25) is 0 Å². The number of hydrogen-bond acceptors (Lipinski definition) is 2. The molecule has 1 rings (SSSR count). The van der Waals surface area contributed by atoms with Gasteiger partial charge in [0.2, 0.25) is 0 Å². The van der Waals surface area contributed by atoms with E-state index < -0.39 is 17.6 Å². The number of ether oxygens (including phenoxy) is 1. The van der Waals surface area contributed by atoms with Crippen LogP contribution in [0.25, 0.3) is 0 Å². The van der Waals surface area contributed by atoms with Gasteiger partial charge in [0.25, 0.3) is 0 Å². The van der Waals surface area contributed by atoms with Crippen molar-refractivity contribution < 1.29 is 22.3 Å². The second-order valence-corrected chi connectivity index (χ2v) is 4.88. The van der Waals surface area contributed by atoms with Gasteiger partial charge in [-0.25, -0.2) is 4.39 Å². The van der Waals surface area contributed by atoms with Crippen molar-refractivity contribution in [3.05, 3.63) is 34.6 Å². The Kier molecular flexibility index (Phi) is 9.28. The van der Waals surface area contributed by atoms with Crippen molar-refractivity contribution in [1.82, 2.24) is 0 Å². The molecule has 0 aliphatic heterocycles. The summed E-state index contributed by atoms with van der Waals surface area (Å²) in [6, 6.07) is 2.19. The Morgan fingerprint density at radius 2 is 1.82 bits per heavy atom. The summed E-state index contributed by atoms with van der Waals surface area (Å²) in [6.45, 7) is 5.75. The van der Waals surface area contributed by atoms with Gasteiger partial charge < -0.3 is 10.5 Å². The van der Waals surface area contributed by atoms with Crippen LogP contribution in [0, 0.1) is 12.7 Å². The van der Waals surface area contributed by atoms with E-state index in [-0.39, 0.29) is 11.6 Å². The molecule has 0 aliphatic carbocycles. The summed E-state index contributed by atoms with van der Waals surface area (Å²) in [5, 5.41) is 0. The summed E-state index contributed by atoms with van der Waals surface area (Å²) in [5.74, 6) is -1.20. The minimum Gasteiger partial charge on any atom is -0.383 e. The number of halogens is 4. The van der Waals surface area contributed by atoms with Crippen molar-refractivity contribution in [1.29, 1.82) is 0 Å². The summed E-state index contributed by atoms with van der Waals surface area (Å²) < 4.78 is 56.4. The topological polar surface area (TPSA) is 35.2 Å². The summed E-state index contributed by atoms with van der Waals surface area (Å²) >= 11 is 0. The minimum absolute atomic E-state index is 0.0102. The minimum atomic E-state index is -4.67. The zero-order valence-corrected chi connectivity index (χ0v) is 13.6. The highest BCUT2D eigenvalue weighted by Crippen LogP contribution is 2.33. The maximum atomic E-state index is 13.5. The van der Waals surface area contributed by atoms with E-state index in [1.165, 1.54) is 13.0 Å². The molecule has 6 heteroatoms. The number of hydrogen-bond donors (Lipinski definition) is 1. The average Bonchev–Trinajstić information content (AvgIpc) is 2.43. The number of rotatable bonds is 6. The SMILES string of the molecule is CC.COCC(N)CCCc1cc(C)c(F)c(C(F)(F)F)c1. The van der Waals surface area contributed by atoms with E-state index in [0.717, 1.165) is 6.07 Å². The highest BCUT2D eigenvalue weighted by Gasteiger charge is 2.34. The summed E-state index contributed by atoms with van der Waals surface area (Å²) in [6.07, 6.45) is -2.96. The van der Waals surface area contributed by atoms with Crippen molar-refractivity contribution in [3.63, 3.8) is 0 Å². The van der Waals surface area contributed by atoms with Gasteiger partial charge in [0.1, 0.15) is 5.82 Å². The quantitative estimate of drug-likeness (QED) is 0.784. The van der Waals surface area contributed by atoms with Crippen LogP contribution in [0.5, 0.6) is 0 Å². The van der Waals surface area contributed by atoms with Gasteiger partial charge in [-0.1, -0.05) is 19.9 Å². The molecule has 1 unspecified atom stereocenters. The van der Waals surface area contributed by atoms with Crippen LogP contribution in [0.3, 0.4) is 0 Å². The summed E-state index contributed by atoms with van der Waals surface area (Å²) in [7, 11) is 1.54. The fourth-order valence-electron chi connectivity index (χ4n) is 2.06. The van der Waals surface area contributed by atoms with Crippen LogP contribution in [0.15, 0.2) is 12.1 Å². The van der Waals surface area contributed by atoms with Gasteiger partial charge in [0.15, 0.2) is 0 Å². The first kappa shape index (κ1) is 20.9. The molecule has 1 atom stereocenters. The molecule has 0 aromatic heterocycles. The lowest BCUT2D eigenvalue weighted by Crippen LogP contribution is -2.25. The number of methoxy groups -OCH3 is 1. The Morgan fingerprint density at radius 1 is 1.23 bits per heavy atom. The van der Waals surface area contributed by atoms with E-state index >= 15 is 0 Å². The molecule has 1 aromatic carbocycles. The van der Waals surface area contributed by atoms with E-state index in [1.54, 1.807) is 7.11 Å². The van der Waals surface area contributed by atoms with Crippen molar-refractivity contribution >= 4 is 0 Å². The zero-order chi connectivity index (χ0) is 17.3. The maximum absolute atomic E-state index is 13.5. The molecule has 0 fully saturated rings. The largest absolute Gasteiger partial charge is 0.419 e. The molecule has 0 bridgehead atoms. The van der Waals surface area contributed by atoms with Gasteiger partial charge in [-0.2, -0.15) is 13.2 Å². The zero-order valence-electron chi connectivity index (χ0n) is 13.6. The molecule has 0 radical (unpaired) electrons. The molecule has 0 amide bonds. The molecule has 0 spiro atoms. The molecule has 0 heterocycles. The summed E-state index contributed by atoms with van der Waals surface area (Å²) in [5.41, 5.74) is 5.02. The van der Waals surface area contributed by atoms with Gasteiger partial charge in [0, 0.05) is 13.2 Å². The number of alkyl halides is 3. The lowest BCUT2D eigenvalue weighted by atomic mass is 10.00. The van der Waals surface area contributed by atoms with E-state index in [9.17, 15) is 17.6 Å². The molecular weight excluding hydrogens is 298 g/mol. The first-order valence-corrected chi connectivity index (χ1v) is 7.36. The Hall–Kier alpha value is -1.14. The Bertz CT molecular complexity index is 447. The molecule has 0 aliphatic rings. The van der Waals surface area contributed by atoms with Crippen molar-refractivity contribution in [3.8, 4) is 0 Å². The van der Waals surface area contributed by atoms with Crippen molar-refractivity contribution in [2.24, 2.45) is 5.73 Å². The lowest BCUT2D eigenvalue weighted by Gasteiger charge is -2.13. The van der Waals surface area contributed by atoms with Crippen molar-refractivity contribution in [2.75, 3.05) is 13.7 Å². The first-order chi connectivity index (χ1) is 10.3. The Morgan fingerprint density at radius 3 is 2.32 bits per heavy atom. The highest BCUT2D eigenvalue weighted by atomic mass is 19.4. The third kappa shape index (κ3) is 6.75. The number of aryl methyl sites for hydroxylation is 2. The average molecular weight is 323 g/mol. The highest BCUT2D eigenvalue weighted by molar-refractivity contribution is 5.33. The van der Waals surface area contributed by atoms with Gasteiger partial charge in [-0.15, -0.1) is 0 Å². The number of benzene rings is 1. The standard InChI is InChI=1S/C14H19F4NO.C2H6/c1-9-6-10(4-3-5-11(19)8-20-2)7-12(13(9)15)14(16,17)18;1-2/h6-7,11H,3-5,8,19H2,1-2H3;1-2H3. The Labute approximate surface area is 129 Å². The first-order valence-electron chi connectivity index (χ1n) is 7.36. The fraction of sp³-hybridized carbons (Fsp3) is 0.625. The maximum Gasteiger partial charge on any atom is 0.419 e. The monoisotopic (exact) mass is 323 g/mol.